The Labute approximate surface area is 138 Å². The molecule has 3 rings (SSSR count). The maximum absolute atomic E-state index is 13.1. The van der Waals surface area contributed by atoms with Crippen molar-refractivity contribution in [2.45, 2.75) is 38.4 Å². The van der Waals surface area contributed by atoms with E-state index in [1.165, 1.54) is 12.4 Å². The second kappa shape index (κ2) is 6.93. The van der Waals surface area contributed by atoms with Crippen LogP contribution in [0.25, 0.3) is 10.9 Å². The van der Waals surface area contributed by atoms with Gasteiger partial charge in [-0.3, -0.25) is 0 Å². The molecule has 0 unspecified atom stereocenters. The molecule has 0 aliphatic carbocycles. The molecule has 4 nitrogen and oxygen atoms in total. The molecule has 0 radical (unpaired) electrons. The lowest BCUT2D eigenvalue weighted by molar-refractivity contribution is -0.136. The van der Waals surface area contributed by atoms with E-state index in [-0.39, 0.29) is 11.6 Å². The largest absolute Gasteiger partial charge is 0.418 e. The summed E-state index contributed by atoms with van der Waals surface area (Å²) in [5.41, 5.74) is -0.784. The van der Waals surface area contributed by atoms with Crippen LogP contribution < -0.4 is 10.6 Å². The average Bonchev–Trinajstić information content (AvgIpc) is 2.54. The number of fused-ring (bicyclic) bond motifs is 1. The van der Waals surface area contributed by atoms with E-state index in [9.17, 15) is 13.2 Å². The predicted molar refractivity (Wildman–Crippen MR) is 87.8 cm³/mol. The summed E-state index contributed by atoms with van der Waals surface area (Å²) in [6.07, 6.45) is 0.0126. The molecule has 1 aromatic heterocycles. The van der Waals surface area contributed by atoms with Gasteiger partial charge in [0.15, 0.2) is 0 Å². The molecule has 0 amide bonds. The zero-order valence-electron chi connectivity index (χ0n) is 13.5. The van der Waals surface area contributed by atoms with E-state index in [2.05, 4.69) is 20.6 Å². The van der Waals surface area contributed by atoms with Crippen molar-refractivity contribution in [1.82, 2.24) is 15.3 Å². The zero-order valence-corrected chi connectivity index (χ0v) is 13.5. The highest BCUT2D eigenvalue weighted by Gasteiger charge is 2.33. The van der Waals surface area contributed by atoms with Gasteiger partial charge in [-0.2, -0.15) is 13.2 Å². The summed E-state index contributed by atoms with van der Waals surface area (Å²) in [5.74, 6) is 1.10. The molecule has 1 aliphatic rings. The summed E-state index contributed by atoms with van der Waals surface area (Å²) in [5, 5.41) is 7.01. The van der Waals surface area contributed by atoms with Gasteiger partial charge in [0, 0.05) is 11.4 Å². The molecule has 2 aromatic rings. The summed E-state index contributed by atoms with van der Waals surface area (Å²) >= 11 is 0. The zero-order chi connectivity index (χ0) is 17.2. The molecule has 2 heterocycles. The SMILES string of the molecule is C[C@@H](CC1CCNCC1)Nc1ncnc2c(C(F)(F)F)cccc12. The lowest BCUT2D eigenvalue weighted by Gasteiger charge is -2.26. The molecular formula is C17H21F3N4. The van der Waals surface area contributed by atoms with Crippen molar-refractivity contribution in [2.24, 2.45) is 5.92 Å². The van der Waals surface area contributed by atoms with Gasteiger partial charge in [-0.15, -0.1) is 0 Å². The quantitative estimate of drug-likeness (QED) is 0.889. The smallest absolute Gasteiger partial charge is 0.367 e. The van der Waals surface area contributed by atoms with Gasteiger partial charge in [0.1, 0.15) is 12.1 Å². The van der Waals surface area contributed by atoms with Crippen molar-refractivity contribution in [3.05, 3.63) is 30.1 Å². The normalized spacial score (nSPS) is 17.8. The standard InChI is InChI=1S/C17H21F3N4/c1-11(9-12-5-7-21-8-6-12)24-16-13-3-2-4-14(17(18,19)20)15(13)22-10-23-16/h2-4,10-12,21H,5-9H2,1H3,(H,22,23,24)/t11-/m0/s1. The van der Waals surface area contributed by atoms with E-state index >= 15 is 0 Å². The van der Waals surface area contributed by atoms with Crippen LogP contribution in [0.15, 0.2) is 24.5 Å². The molecule has 0 bridgehead atoms. The number of para-hydroxylation sites is 1. The third-order valence-electron chi connectivity index (χ3n) is 4.50. The van der Waals surface area contributed by atoms with Crippen LogP contribution in [0.1, 0.15) is 31.7 Å². The Hall–Kier alpha value is -1.89. The first-order valence-corrected chi connectivity index (χ1v) is 8.23. The maximum atomic E-state index is 13.1. The summed E-state index contributed by atoms with van der Waals surface area (Å²) in [6.45, 7) is 4.11. The Morgan fingerprint density at radius 2 is 2.00 bits per heavy atom. The monoisotopic (exact) mass is 338 g/mol. The van der Waals surface area contributed by atoms with Gasteiger partial charge >= 0.3 is 6.18 Å². The molecule has 1 aliphatic heterocycles. The second-order valence-electron chi connectivity index (χ2n) is 6.40. The fourth-order valence-corrected chi connectivity index (χ4v) is 3.34. The summed E-state index contributed by atoms with van der Waals surface area (Å²) in [6, 6.07) is 4.22. The molecule has 24 heavy (non-hydrogen) atoms. The first kappa shape index (κ1) is 17.0. The Balaban J connectivity index is 1.82. The van der Waals surface area contributed by atoms with Gasteiger partial charge in [0.25, 0.3) is 0 Å². The molecule has 1 aromatic carbocycles. The lowest BCUT2D eigenvalue weighted by atomic mass is 9.91. The van der Waals surface area contributed by atoms with Crippen molar-refractivity contribution in [2.75, 3.05) is 18.4 Å². The van der Waals surface area contributed by atoms with E-state index in [1.54, 1.807) is 6.07 Å². The minimum Gasteiger partial charge on any atom is -0.367 e. The number of nitrogens with zero attached hydrogens (tertiary/aromatic N) is 2. The van der Waals surface area contributed by atoms with Crippen LogP contribution in [-0.4, -0.2) is 29.1 Å². The molecule has 1 saturated heterocycles. The first-order valence-electron chi connectivity index (χ1n) is 8.23. The van der Waals surface area contributed by atoms with Gasteiger partial charge in [-0.05, 0) is 57.3 Å². The number of aromatic nitrogens is 2. The van der Waals surface area contributed by atoms with Crippen LogP contribution >= 0.6 is 0 Å². The van der Waals surface area contributed by atoms with Crippen molar-refractivity contribution in [3.63, 3.8) is 0 Å². The highest BCUT2D eigenvalue weighted by atomic mass is 19.4. The van der Waals surface area contributed by atoms with Gasteiger partial charge in [-0.1, -0.05) is 6.07 Å². The maximum Gasteiger partial charge on any atom is 0.418 e. The van der Waals surface area contributed by atoms with Crippen LogP contribution in [0, 0.1) is 5.92 Å². The van der Waals surface area contributed by atoms with Gasteiger partial charge in [0.05, 0.1) is 11.1 Å². The van der Waals surface area contributed by atoms with Crippen molar-refractivity contribution < 1.29 is 13.2 Å². The average molecular weight is 338 g/mol. The van der Waals surface area contributed by atoms with Gasteiger partial charge < -0.3 is 10.6 Å². The third-order valence-corrected chi connectivity index (χ3v) is 4.50. The Morgan fingerprint density at radius 1 is 1.25 bits per heavy atom. The number of benzene rings is 1. The van der Waals surface area contributed by atoms with Crippen LogP contribution in [0.2, 0.25) is 0 Å². The number of hydrogen-bond donors (Lipinski definition) is 2. The predicted octanol–water partition coefficient (Wildman–Crippen LogP) is 3.84. The van der Waals surface area contributed by atoms with Crippen LogP contribution in [0.3, 0.4) is 0 Å². The molecule has 0 saturated carbocycles. The van der Waals surface area contributed by atoms with Crippen LogP contribution in [0.5, 0.6) is 0 Å². The highest BCUT2D eigenvalue weighted by Crippen LogP contribution is 2.35. The van der Waals surface area contributed by atoms with Gasteiger partial charge in [-0.25, -0.2) is 9.97 Å². The minimum atomic E-state index is -4.42. The van der Waals surface area contributed by atoms with E-state index in [4.69, 9.17) is 0 Å². The molecule has 130 valence electrons. The molecule has 2 N–H and O–H groups in total. The lowest BCUT2D eigenvalue weighted by Crippen LogP contribution is -2.31. The number of hydrogen-bond acceptors (Lipinski definition) is 4. The number of piperidine rings is 1. The van der Waals surface area contributed by atoms with Gasteiger partial charge in [0.2, 0.25) is 0 Å². The Morgan fingerprint density at radius 3 is 2.71 bits per heavy atom. The van der Waals surface area contributed by atoms with Crippen molar-refractivity contribution >= 4 is 16.7 Å². The number of nitrogens with one attached hydrogen (secondary N) is 2. The molecule has 0 spiro atoms. The first-order chi connectivity index (χ1) is 11.4. The van der Waals surface area contributed by atoms with E-state index in [0.29, 0.717) is 17.1 Å². The molecule has 7 heteroatoms. The number of halogens is 3. The van der Waals surface area contributed by atoms with E-state index < -0.39 is 11.7 Å². The van der Waals surface area contributed by atoms with E-state index in [0.717, 1.165) is 38.4 Å². The van der Waals surface area contributed by atoms with E-state index in [1.807, 2.05) is 6.92 Å². The number of anilines is 1. The molecular weight excluding hydrogens is 317 g/mol. The van der Waals surface area contributed by atoms with Crippen molar-refractivity contribution in [1.29, 1.82) is 0 Å². The fraction of sp³-hybridized carbons (Fsp3) is 0.529. The number of rotatable bonds is 4. The summed E-state index contributed by atoms with van der Waals surface area (Å²) in [4.78, 5) is 8.01. The summed E-state index contributed by atoms with van der Waals surface area (Å²) < 4.78 is 39.4. The third kappa shape index (κ3) is 3.77. The van der Waals surface area contributed by atoms with Crippen molar-refractivity contribution in [3.8, 4) is 0 Å². The van der Waals surface area contributed by atoms with Crippen LogP contribution in [0.4, 0.5) is 19.0 Å². The topological polar surface area (TPSA) is 49.8 Å². The Bertz CT molecular complexity index is 696. The fourth-order valence-electron chi connectivity index (χ4n) is 3.34. The van der Waals surface area contributed by atoms with Crippen LogP contribution in [-0.2, 0) is 6.18 Å². The Kier molecular flexibility index (Phi) is 4.89. The highest BCUT2D eigenvalue weighted by molar-refractivity contribution is 5.91. The summed E-state index contributed by atoms with van der Waals surface area (Å²) in [7, 11) is 0. The minimum absolute atomic E-state index is 0.0587. The molecule has 1 fully saturated rings. The molecule has 1 atom stereocenters. The number of alkyl halides is 3. The second-order valence-corrected chi connectivity index (χ2v) is 6.40.